The molecule has 1 saturated heterocycles. The van der Waals surface area contributed by atoms with Gasteiger partial charge in [-0.25, -0.2) is 0 Å². The third-order valence-electron chi connectivity index (χ3n) is 3.95. The van der Waals surface area contributed by atoms with Crippen LogP contribution in [0.25, 0.3) is 0 Å². The number of piperidine rings is 1. The topological polar surface area (TPSA) is 75.5 Å². The number of hydrogen-bond donors (Lipinski definition) is 1. The maximum absolute atomic E-state index is 13.5. The first-order valence-corrected chi connectivity index (χ1v) is 6.83. The van der Waals surface area contributed by atoms with Crippen LogP contribution in [-0.2, 0) is 0 Å². The Hall–Kier alpha value is -2.02. The number of amides is 1. The Morgan fingerprint density at radius 2 is 2.24 bits per heavy atom. The number of benzene rings is 1. The van der Waals surface area contributed by atoms with Gasteiger partial charge in [-0.05, 0) is 38.9 Å². The van der Waals surface area contributed by atoms with E-state index in [0.29, 0.717) is 6.04 Å². The predicted molar refractivity (Wildman–Crippen MR) is 75.6 cm³/mol. The quantitative estimate of drug-likeness (QED) is 0.683. The minimum atomic E-state index is -0.996. The van der Waals surface area contributed by atoms with Crippen molar-refractivity contribution >= 4 is 11.6 Å². The maximum Gasteiger partial charge on any atom is 0.304 e. The molecule has 0 aromatic heterocycles. The summed E-state index contributed by atoms with van der Waals surface area (Å²) in [5.74, 6) is -1.39. The molecule has 7 heteroatoms. The first kappa shape index (κ1) is 15.4. The van der Waals surface area contributed by atoms with Gasteiger partial charge in [0.1, 0.15) is 0 Å². The molecule has 1 amide bonds. The third kappa shape index (κ3) is 3.55. The number of likely N-dealkylation sites (tertiary alicyclic amines) is 1. The van der Waals surface area contributed by atoms with Crippen molar-refractivity contribution in [2.24, 2.45) is 0 Å². The lowest BCUT2D eigenvalue weighted by atomic mass is 9.98. The van der Waals surface area contributed by atoms with Crippen molar-refractivity contribution in [3.05, 3.63) is 39.7 Å². The average Bonchev–Trinajstić information content (AvgIpc) is 2.42. The van der Waals surface area contributed by atoms with Gasteiger partial charge in [0.2, 0.25) is 5.82 Å². The van der Waals surface area contributed by atoms with Gasteiger partial charge in [0.15, 0.2) is 0 Å². The van der Waals surface area contributed by atoms with Gasteiger partial charge in [-0.1, -0.05) is 0 Å². The van der Waals surface area contributed by atoms with Gasteiger partial charge in [0, 0.05) is 30.3 Å². The van der Waals surface area contributed by atoms with Gasteiger partial charge in [0.05, 0.1) is 4.92 Å². The van der Waals surface area contributed by atoms with Crippen molar-refractivity contribution in [3.8, 4) is 0 Å². The Bertz CT molecular complexity index is 564. The van der Waals surface area contributed by atoms with Crippen LogP contribution in [0.4, 0.5) is 10.1 Å². The van der Waals surface area contributed by atoms with E-state index in [4.69, 9.17) is 0 Å². The second kappa shape index (κ2) is 6.17. The second-order valence-electron chi connectivity index (χ2n) is 5.45. The molecule has 1 N–H and O–H groups in total. The molecule has 0 bridgehead atoms. The number of nitrogens with zero attached hydrogens (tertiary/aromatic N) is 2. The van der Waals surface area contributed by atoms with E-state index in [2.05, 4.69) is 17.1 Å². The normalized spacial score (nSPS) is 22.8. The summed E-state index contributed by atoms with van der Waals surface area (Å²) in [4.78, 5) is 24.0. The highest BCUT2D eigenvalue weighted by Gasteiger charge is 2.25. The fourth-order valence-corrected chi connectivity index (χ4v) is 2.49. The van der Waals surface area contributed by atoms with Crippen molar-refractivity contribution in [3.63, 3.8) is 0 Å². The van der Waals surface area contributed by atoms with E-state index in [9.17, 15) is 19.3 Å². The first-order chi connectivity index (χ1) is 9.88. The van der Waals surface area contributed by atoms with E-state index in [1.54, 1.807) is 0 Å². The van der Waals surface area contributed by atoms with Crippen LogP contribution in [0.2, 0.25) is 0 Å². The molecule has 0 spiro atoms. The molecule has 1 fully saturated rings. The van der Waals surface area contributed by atoms with E-state index in [1.165, 1.54) is 6.07 Å². The number of hydrogen-bond acceptors (Lipinski definition) is 4. The lowest BCUT2D eigenvalue weighted by Crippen LogP contribution is -2.47. The number of nitro benzene ring substituents is 1. The Balaban J connectivity index is 2.04. The lowest BCUT2D eigenvalue weighted by Gasteiger charge is -2.35. The number of carbonyl (C=O) groups is 1. The summed E-state index contributed by atoms with van der Waals surface area (Å²) in [7, 11) is 2.04. The largest absolute Gasteiger partial charge is 0.349 e. The minimum Gasteiger partial charge on any atom is -0.349 e. The first-order valence-electron chi connectivity index (χ1n) is 6.83. The Morgan fingerprint density at radius 1 is 1.52 bits per heavy atom. The maximum atomic E-state index is 13.5. The van der Waals surface area contributed by atoms with Crippen molar-refractivity contribution < 1.29 is 14.1 Å². The molecular formula is C14H18FN3O3. The molecule has 114 valence electrons. The molecule has 1 aromatic rings. The van der Waals surface area contributed by atoms with Crippen LogP contribution in [-0.4, -0.2) is 41.4 Å². The van der Waals surface area contributed by atoms with Crippen LogP contribution in [0.1, 0.15) is 30.1 Å². The summed E-state index contributed by atoms with van der Waals surface area (Å²) in [6.45, 7) is 2.98. The summed E-state index contributed by atoms with van der Waals surface area (Å²) in [5.41, 5.74) is -0.524. The van der Waals surface area contributed by atoms with Gasteiger partial charge >= 0.3 is 5.69 Å². The predicted octanol–water partition coefficient (Wildman–Crippen LogP) is 1.95. The third-order valence-corrected chi connectivity index (χ3v) is 3.95. The molecular weight excluding hydrogens is 277 g/mol. The SMILES string of the molecule is CC1CC(NC(=O)c2ccc([N+](=O)[O-])c(F)c2)CCN1C. The Morgan fingerprint density at radius 3 is 2.81 bits per heavy atom. The summed E-state index contributed by atoms with van der Waals surface area (Å²) in [5, 5.41) is 13.4. The number of nitrogens with one attached hydrogen (secondary N) is 1. The van der Waals surface area contributed by atoms with Crippen LogP contribution in [0, 0.1) is 15.9 Å². The summed E-state index contributed by atoms with van der Waals surface area (Å²) >= 11 is 0. The van der Waals surface area contributed by atoms with E-state index < -0.39 is 22.3 Å². The molecule has 2 unspecified atom stereocenters. The second-order valence-corrected chi connectivity index (χ2v) is 5.45. The molecule has 2 rings (SSSR count). The summed E-state index contributed by atoms with van der Waals surface area (Å²) < 4.78 is 13.5. The highest BCUT2D eigenvalue weighted by Crippen LogP contribution is 2.19. The Labute approximate surface area is 122 Å². The Kier molecular flexibility index (Phi) is 4.52. The van der Waals surface area contributed by atoms with Crippen molar-refractivity contribution in [1.29, 1.82) is 0 Å². The highest BCUT2D eigenvalue weighted by molar-refractivity contribution is 5.94. The minimum absolute atomic E-state index is 0.0435. The summed E-state index contributed by atoms with van der Waals surface area (Å²) in [6, 6.07) is 3.61. The molecule has 0 aliphatic carbocycles. The van der Waals surface area contributed by atoms with Crippen molar-refractivity contribution in [2.45, 2.75) is 31.8 Å². The highest BCUT2D eigenvalue weighted by atomic mass is 19.1. The van der Waals surface area contributed by atoms with Gasteiger partial charge in [0.25, 0.3) is 5.91 Å². The van der Waals surface area contributed by atoms with Gasteiger partial charge in [-0.2, -0.15) is 4.39 Å². The van der Waals surface area contributed by atoms with Crippen LogP contribution in [0.15, 0.2) is 18.2 Å². The molecule has 0 radical (unpaired) electrons. The number of rotatable bonds is 3. The van der Waals surface area contributed by atoms with E-state index in [0.717, 1.165) is 31.5 Å². The molecule has 2 atom stereocenters. The standard InChI is InChI=1S/C14H18FN3O3/c1-9-7-11(5-6-17(9)2)16-14(19)10-3-4-13(18(20)21)12(15)8-10/h3-4,8-9,11H,5-7H2,1-2H3,(H,16,19). The zero-order valence-corrected chi connectivity index (χ0v) is 12.0. The molecule has 1 aliphatic rings. The van der Waals surface area contributed by atoms with Gasteiger partial charge in [-0.3, -0.25) is 14.9 Å². The fourth-order valence-electron chi connectivity index (χ4n) is 2.49. The average molecular weight is 295 g/mol. The van der Waals surface area contributed by atoms with E-state index in [-0.39, 0.29) is 11.6 Å². The molecule has 1 heterocycles. The molecule has 21 heavy (non-hydrogen) atoms. The van der Waals surface area contributed by atoms with Crippen molar-refractivity contribution in [2.75, 3.05) is 13.6 Å². The zero-order valence-electron chi connectivity index (χ0n) is 12.0. The zero-order chi connectivity index (χ0) is 15.6. The fraction of sp³-hybridized carbons (Fsp3) is 0.500. The van der Waals surface area contributed by atoms with Crippen molar-refractivity contribution in [1.82, 2.24) is 10.2 Å². The lowest BCUT2D eigenvalue weighted by molar-refractivity contribution is -0.387. The van der Waals surface area contributed by atoms with E-state index in [1.807, 2.05) is 7.05 Å². The number of nitro groups is 1. The molecule has 1 aromatic carbocycles. The smallest absolute Gasteiger partial charge is 0.304 e. The number of halogens is 1. The molecule has 6 nitrogen and oxygen atoms in total. The van der Waals surface area contributed by atoms with Crippen LogP contribution >= 0.6 is 0 Å². The number of carbonyl (C=O) groups excluding carboxylic acids is 1. The van der Waals surface area contributed by atoms with Gasteiger partial charge < -0.3 is 10.2 Å². The molecule has 0 saturated carbocycles. The summed E-state index contributed by atoms with van der Waals surface area (Å²) in [6.07, 6.45) is 1.67. The molecule has 1 aliphatic heterocycles. The monoisotopic (exact) mass is 295 g/mol. The van der Waals surface area contributed by atoms with Crippen LogP contribution in [0.3, 0.4) is 0 Å². The van der Waals surface area contributed by atoms with Crippen LogP contribution in [0.5, 0.6) is 0 Å². The van der Waals surface area contributed by atoms with E-state index >= 15 is 0 Å². The van der Waals surface area contributed by atoms with Crippen LogP contribution < -0.4 is 5.32 Å². The van der Waals surface area contributed by atoms with Gasteiger partial charge in [-0.15, -0.1) is 0 Å².